The van der Waals surface area contributed by atoms with Crippen molar-refractivity contribution in [1.29, 1.82) is 0 Å². The van der Waals surface area contributed by atoms with Gasteiger partial charge in [-0.25, -0.2) is 0 Å². The lowest BCUT2D eigenvalue weighted by atomic mass is 9.33. The molecule has 3 heteroatoms. The van der Waals surface area contributed by atoms with Crippen LogP contribution in [0.25, 0.3) is 0 Å². The van der Waals surface area contributed by atoms with Crippen LogP contribution in [0.5, 0.6) is 0 Å². The summed E-state index contributed by atoms with van der Waals surface area (Å²) in [5.41, 5.74) is 0.153. The van der Waals surface area contributed by atoms with Gasteiger partial charge >= 0.3 is 5.97 Å². The average molecular weight is 230 g/mol. The van der Waals surface area contributed by atoms with Crippen LogP contribution in [0.1, 0.15) is 29.6 Å². The topological polar surface area (TPSA) is 43.4 Å². The van der Waals surface area contributed by atoms with Gasteiger partial charge < -0.3 is 4.74 Å². The Morgan fingerprint density at radius 3 is 2.18 bits per heavy atom. The van der Waals surface area contributed by atoms with Gasteiger partial charge in [0, 0.05) is 11.0 Å². The molecule has 0 spiro atoms. The number of carbonyl (C=O) groups excluding carboxylic acids is 2. The molecule has 0 aliphatic heterocycles. The molecule has 3 aliphatic rings. The average Bonchev–Trinajstić information content (AvgIpc) is 2.26. The van der Waals surface area contributed by atoms with E-state index in [0.717, 1.165) is 5.56 Å². The zero-order valence-corrected chi connectivity index (χ0v) is 9.73. The third kappa shape index (κ3) is 1.22. The largest absolute Gasteiger partial charge is 0.469 e. The number of ether oxygens (including phenoxy) is 1. The van der Waals surface area contributed by atoms with Gasteiger partial charge in [0.05, 0.1) is 12.5 Å². The highest BCUT2D eigenvalue weighted by Gasteiger charge is 2.75. The molecule has 17 heavy (non-hydrogen) atoms. The van der Waals surface area contributed by atoms with Gasteiger partial charge in [0.15, 0.2) is 5.78 Å². The summed E-state index contributed by atoms with van der Waals surface area (Å²) in [5.74, 6) is 0.0316. The molecule has 0 saturated heterocycles. The van der Waals surface area contributed by atoms with Crippen molar-refractivity contribution >= 4 is 11.8 Å². The monoisotopic (exact) mass is 230 g/mol. The molecule has 0 amide bonds. The van der Waals surface area contributed by atoms with E-state index < -0.39 is 0 Å². The van der Waals surface area contributed by atoms with Crippen LogP contribution >= 0.6 is 0 Å². The number of carbonyl (C=O) groups is 2. The van der Waals surface area contributed by atoms with Gasteiger partial charge in [0.25, 0.3) is 0 Å². The number of hydrogen-bond donors (Lipinski definition) is 0. The van der Waals surface area contributed by atoms with Gasteiger partial charge in [-0.15, -0.1) is 0 Å². The van der Waals surface area contributed by atoms with Crippen molar-refractivity contribution in [3.63, 3.8) is 0 Å². The Balaban J connectivity index is 1.75. The number of methoxy groups -OCH3 is 1. The van der Waals surface area contributed by atoms with E-state index in [1.54, 1.807) is 0 Å². The first-order chi connectivity index (χ1) is 8.12. The van der Waals surface area contributed by atoms with Crippen molar-refractivity contribution in [1.82, 2.24) is 0 Å². The molecule has 3 saturated carbocycles. The molecule has 0 aromatic heterocycles. The van der Waals surface area contributed by atoms with Crippen LogP contribution in [0, 0.1) is 10.8 Å². The quantitative estimate of drug-likeness (QED) is 0.590. The smallest absolute Gasteiger partial charge is 0.311 e. The summed E-state index contributed by atoms with van der Waals surface area (Å²) in [6.07, 6.45) is 2.00. The van der Waals surface area contributed by atoms with Crippen molar-refractivity contribution in [2.45, 2.75) is 19.3 Å². The molecule has 4 rings (SSSR count). The van der Waals surface area contributed by atoms with E-state index >= 15 is 0 Å². The number of esters is 1. The van der Waals surface area contributed by atoms with E-state index in [9.17, 15) is 9.59 Å². The fraction of sp³-hybridized carbons (Fsp3) is 0.429. The molecule has 0 radical (unpaired) electrons. The number of Topliss-reactive ketones (excluding diaryl/α,β-unsaturated/α-hetero) is 1. The molecular formula is C14H14O3. The zero-order valence-electron chi connectivity index (χ0n) is 9.73. The summed E-state index contributed by atoms with van der Waals surface area (Å²) in [7, 11) is 1.41. The summed E-state index contributed by atoms with van der Waals surface area (Å²) in [6.45, 7) is 0. The Labute approximate surface area is 99.8 Å². The Bertz CT molecular complexity index is 470. The Kier molecular flexibility index (Phi) is 1.97. The second-order valence-electron chi connectivity index (χ2n) is 5.28. The van der Waals surface area contributed by atoms with Crippen molar-refractivity contribution < 1.29 is 14.3 Å². The van der Waals surface area contributed by atoms with Gasteiger partial charge in [-0.05, 0) is 19.3 Å². The summed E-state index contributed by atoms with van der Waals surface area (Å²) < 4.78 is 4.78. The molecular weight excluding hydrogens is 216 g/mol. The van der Waals surface area contributed by atoms with Crippen LogP contribution in [0.3, 0.4) is 0 Å². The first kappa shape index (κ1) is 10.5. The molecule has 0 N–H and O–H groups in total. The van der Waals surface area contributed by atoms with E-state index in [1.165, 1.54) is 7.11 Å². The third-order valence-electron chi connectivity index (χ3n) is 4.17. The second-order valence-corrected chi connectivity index (χ2v) is 5.28. The number of ketones is 1. The predicted molar refractivity (Wildman–Crippen MR) is 61.5 cm³/mol. The highest BCUT2D eigenvalue weighted by molar-refractivity contribution is 6.05. The lowest BCUT2D eigenvalue weighted by molar-refractivity contribution is -0.207. The summed E-state index contributed by atoms with van der Waals surface area (Å²) >= 11 is 0. The van der Waals surface area contributed by atoms with E-state index in [2.05, 4.69) is 0 Å². The van der Waals surface area contributed by atoms with Crippen molar-refractivity contribution in [3.05, 3.63) is 35.9 Å². The molecule has 88 valence electrons. The highest BCUT2D eigenvalue weighted by atomic mass is 16.5. The molecule has 2 bridgehead atoms. The van der Waals surface area contributed by atoms with Gasteiger partial charge in [0.1, 0.15) is 0 Å². The molecule has 0 unspecified atom stereocenters. The van der Waals surface area contributed by atoms with Crippen LogP contribution in [-0.4, -0.2) is 18.9 Å². The van der Waals surface area contributed by atoms with E-state index in [1.807, 2.05) is 30.3 Å². The summed E-state index contributed by atoms with van der Waals surface area (Å²) in [4.78, 5) is 23.8. The molecule has 0 atom stereocenters. The standard InChI is InChI=1S/C14H14O3/c1-17-12(16)14-7-13(8-14,9-14)11(15)10-5-3-2-4-6-10/h2-6H,7-9H2,1H3. The maximum Gasteiger partial charge on any atom is 0.311 e. The van der Waals surface area contributed by atoms with Crippen molar-refractivity contribution in [3.8, 4) is 0 Å². The Morgan fingerprint density at radius 2 is 1.65 bits per heavy atom. The van der Waals surface area contributed by atoms with Gasteiger partial charge in [-0.3, -0.25) is 9.59 Å². The van der Waals surface area contributed by atoms with Crippen LogP contribution in [0.4, 0.5) is 0 Å². The third-order valence-corrected chi connectivity index (χ3v) is 4.17. The van der Waals surface area contributed by atoms with E-state index in [0.29, 0.717) is 19.3 Å². The normalized spacial score (nSPS) is 33.2. The van der Waals surface area contributed by atoms with Crippen molar-refractivity contribution in [2.24, 2.45) is 10.8 Å². The lowest BCUT2D eigenvalue weighted by Crippen LogP contribution is -2.68. The molecule has 3 fully saturated rings. The lowest BCUT2D eigenvalue weighted by Gasteiger charge is -2.67. The number of rotatable bonds is 3. The molecule has 1 aromatic rings. The minimum absolute atomic E-state index is 0.153. The molecule has 0 heterocycles. The van der Waals surface area contributed by atoms with E-state index in [-0.39, 0.29) is 22.6 Å². The second kappa shape index (κ2) is 3.19. The zero-order chi connectivity index (χ0) is 12.1. The minimum Gasteiger partial charge on any atom is -0.469 e. The van der Waals surface area contributed by atoms with E-state index in [4.69, 9.17) is 4.74 Å². The fourth-order valence-corrected chi connectivity index (χ4v) is 3.36. The van der Waals surface area contributed by atoms with Crippen LogP contribution in [0.2, 0.25) is 0 Å². The maximum atomic E-state index is 12.3. The van der Waals surface area contributed by atoms with Crippen LogP contribution in [0.15, 0.2) is 30.3 Å². The fourth-order valence-electron chi connectivity index (χ4n) is 3.36. The van der Waals surface area contributed by atoms with Crippen LogP contribution < -0.4 is 0 Å². The van der Waals surface area contributed by atoms with Crippen molar-refractivity contribution in [2.75, 3.05) is 7.11 Å². The first-order valence-electron chi connectivity index (χ1n) is 5.80. The maximum absolute atomic E-state index is 12.3. The number of benzene rings is 1. The molecule has 1 aromatic carbocycles. The van der Waals surface area contributed by atoms with Gasteiger partial charge in [0.2, 0.25) is 0 Å². The highest BCUT2D eigenvalue weighted by Crippen LogP contribution is 2.74. The van der Waals surface area contributed by atoms with Gasteiger partial charge in [-0.1, -0.05) is 30.3 Å². The first-order valence-corrected chi connectivity index (χ1v) is 5.80. The number of hydrogen-bond acceptors (Lipinski definition) is 3. The molecule has 3 aliphatic carbocycles. The Hall–Kier alpha value is -1.64. The SMILES string of the molecule is COC(=O)C12CC(C(=O)c3ccccc3)(C1)C2. The van der Waals surface area contributed by atoms with Gasteiger partial charge in [-0.2, -0.15) is 0 Å². The Morgan fingerprint density at radius 1 is 1.06 bits per heavy atom. The summed E-state index contributed by atoms with van der Waals surface area (Å²) in [6, 6.07) is 9.32. The predicted octanol–water partition coefficient (Wildman–Crippen LogP) is 2.21. The molecule has 3 nitrogen and oxygen atoms in total. The van der Waals surface area contributed by atoms with Crippen LogP contribution in [-0.2, 0) is 9.53 Å². The minimum atomic E-state index is -0.334. The summed E-state index contributed by atoms with van der Waals surface area (Å²) in [5, 5.41) is 0.